The van der Waals surface area contributed by atoms with Crippen LogP contribution in [0.4, 0.5) is 5.69 Å². The summed E-state index contributed by atoms with van der Waals surface area (Å²) in [6.07, 6.45) is 6.95. The van der Waals surface area contributed by atoms with Crippen molar-refractivity contribution in [2.45, 2.75) is 51.0 Å². The lowest BCUT2D eigenvalue weighted by atomic mass is 9.57. The number of piperidine rings is 1. The van der Waals surface area contributed by atoms with Crippen molar-refractivity contribution in [3.05, 3.63) is 29.3 Å². The Morgan fingerprint density at radius 3 is 2.61 bits per heavy atom. The number of hydrogen-bond donors (Lipinski definition) is 2. The third kappa shape index (κ3) is 4.67. The summed E-state index contributed by atoms with van der Waals surface area (Å²) in [6, 6.07) is 4.24. The van der Waals surface area contributed by atoms with Crippen LogP contribution >= 0.6 is 0 Å². The molecule has 1 saturated heterocycles. The summed E-state index contributed by atoms with van der Waals surface area (Å²) >= 11 is 0. The van der Waals surface area contributed by atoms with Crippen molar-refractivity contribution < 1.29 is 19.2 Å². The highest BCUT2D eigenvalue weighted by atomic mass is 16.2. The number of carbonyl (C=O) groups is 4. The minimum absolute atomic E-state index is 0.0670. The lowest BCUT2D eigenvalue weighted by Crippen LogP contribution is -2.46. The van der Waals surface area contributed by atoms with E-state index in [0.29, 0.717) is 34.4 Å². The number of rotatable bonds is 9. The van der Waals surface area contributed by atoms with Crippen LogP contribution in [0.3, 0.4) is 0 Å². The number of hydrogen-bond acceptors (Lipinski definition) is 6. The Morgan fingerprint density at radius 1 is 1.21 bits per heavy atom. The molecule has 1 spiro atoms. The molecule has 2 N–H and O–H groups in total. The van der Waals surface area contributed by atoms with Gasteiger partial charge in [-0.05, 0) is 82.1 Å². The largest absolute Gasteiger partial charge is 0.384 e. The first-order valence-electron chi connectivity index (χ1n) is 12.0. The van der Waals surface area contributed by atoms with Crippen LogP contribution in [0.15, 0.2) is 18.2 Å². The Bertz CT molecular complexity index is 930. The maximum atomic E-state index is 13.1. The first-order valence-corrected chi connectivity index (χ1v) is 12.0. The zero-order valence-corrected chi connectivity index (χ0v) is 19.6. The number of imide groups is 1. The van der Waals surface area contributed by atoms with Crippen LogP contribution in [0, 0.1) is 11.3 Å². The average molecular weight is 455 g/mol. The van der Waals surface area contributed by atoms with Gasteiger partial charge in [0.05, 0.1) is 17.2 Å². The van der Waals surface area contributed by atoms with E-state index < -0.39 is 17.9 Å². The van der Waals surface area contributed by atoms with E-state index in [-0.39, 0.29) is 18.7 Å². The van der Waals surface area contributed by atoms with Gasteiger partial charge < -0.3 is 20.3 Å². The third-order valence-electron chi connectivity index (χ3n) is 7.74. The van der Waals surface area contributed by atoms with Crippen LogP contribution < -0.4 is 10.6 Å². The summed E-state index contributed by atoms with van der Waals surface area (Å²) in [5.74, 6) is -0.480. The van der Waals surface area contributed by atoms with Crippen molar-refractivity contribution in [2.75, 3.05) is 39.0 Å². The van der Waals surface area contributed by atoms with E-state index in [9.17, 15) is 19.2 Å². The smallest absolute Gasteiger partial charge is 0.264 e. The SMILES string of the molecule is CNC(=O)CCC(C=O)N1C(=O)c2cccc(NCCC3CC4(CCN(C)CC4)C3)c2C1=O. The van der Waals surface area contributed by atoms with Crippen LogP contribution in [0.25, 0.3) is 0 Å². The topological polar surface area (TPSA) is 98.8 Å². The second-order valence-corrected chi connectivity index (χ2v) is 9.92. The molecule has 1 aliphatic carbocycles. The summed E-state index contributed by atoms with van der Waals surface area (Å²) in [6.45, 7) is 3.13. The van der Waals surface area contributed by atoms with Gasteiger partial charge in [0.1, 0.15) is 6.29 Å². The lowest BCUT2D eigenvalue weighted by molar-refractivity contribution is -0.121. The maximum absolute atomic E-state index is 13.1. The van der Waals surface area contributed by atoms with Gasteiger partial charge in [0.25, 0.3) is 11.8 Å². The second kappa shape index (κ2) is 9.63. The van der Waals surface area contributed by atoms with E-state index in [4.69, 9.17) is 0 Å². The molecule has 1 saturated carbocycles. The molecule has 8 nitrogen and oxygen atoms in total. The Kier molecular flexibility index (Phi) is 6.83. The minimum Gasteiger partial charge on any atom is -0.384 e. The highest BCUT2D eigenvalue weighted by Gasteiger charge is 2.45. The van der Waals surface area contributed by atoms with Crippen molar-refractivity contribution in [1.29, 1.82) is 0 Å². The van der Waals surface area contributed by atoms with Gasteiger partial charge >= 0.3 is 0 Å². The van der Waals surface area contributed by atoms with Gasteiger partial charge in [-0.2, -0.15) is 0 Å². The number of nitrogens with one attached hydrogen (secondary N) is 2. The fourth-order valence-corrected chi connectivity index (χ4v) is 5.70. The average Bonchev–Trinajstić information content (AvgIpc) is 3.05. The zero-order chi connectivity index (χ0) is 23.6. The number of likely N-dealkylation sites (tertiary alicyclic amines) is 1. The minimum atomic E-state index is -0.955. The number of amides is 3. The van der Waals surface area contributed by atoms with Gasteiger partial charge in [-0.3, -0.25) is 19.3 Å². The van der Waals surface area contributed by atoms with Crippen molar-refractivity contribution >= 4 is 29.7 Å². The number of aldehydes is 1. The molecule has 0 radical (unpaired) electrons. The van der Waals surface area contributed by atoms with Crippen LogP contribution in [0.5, 0.6) is 0 Å². The molecular formula is C25H34N4O4. The molecule has 0 bridgehead atoms. The van der Waals surface area contributed by atoms with Gasteiger partial charge in [0.15, 0.2) is 0 Å². The number of fused-ring (bicyclic) bond motifs is 1. The van der Waals surface area contributed by atoms with Crippen LogP contribution in [-0.4, -0.2) is 73.6 Å². The Labute approximate surface area is 195 Å². The van der Waals surface area contributed by atoms with E-state index in [0.717, 1.165) is 17.9 Å². The molecule has 3 aliphatic rings. The van der Waals surface area contributed by atoms with E-state index in [1.165, 1.54) is 45.8 Å². The molecule has 8 heteroatoms. The van der Waals surface area contributed by atoms with E-state index in [1.54, 1.807) is 12.1 Å². The maximum Gasteiger partial charge on any atom is 0.264 e. The van der Waals surface area contributed by atoms with E-state index in [2.05, 4.69) is 22.6 Å². The molecule has 2 fully saturated rings. The predicted molar refractivity (Wildman–Crippen MR) is 125 cm³/mol. The fourth-order valence-electron chi connectivity index (χ4n) is 5.70. The monoisotopic (exact) mass is 454 g/mol. The van der Waals surface area contributed by atoms with Crippen molar-refractivity contribution in [3.8, 4) is 0 Å². The predicted octanol–water partition coefficient (Wildman–Crippen LogP) is 2.30. The normalized spacial score (nSPS) is 21.0. The van der Waals surface area contributed by atoms with E-state index >= 15 is 0 Å². The van der Waals surface area contributed by atoms with Gasteiger partial charge in [0.2, 0.25) is 5.91 Å². The Hall–Kier alpha value is -2.74. The number of nitrogens with zero attached hydrogens (tertiary/aromatic N) is 2. The van der Waals surface area contributed by atoms with Gasteiger partial charge in [-0.25, -0.2) is 0 Å². The first kappa shape index (κ1) is 23.4. The number of anilines is 1. The Morgan fingerprint density at radius 2 is 1.94 bits per heavy atom. The van der Waals surface area contributed by atoms with Crippen LogP contribution in [-0.2, 0) is 9.59 Å². The zero-order valence-electron chi connectivity index (χ0n) is 19.6. The summed E-state index contributed by atoms with van der Waals surface area (Å²) in [4.78, 5) is 52.7. The molecule has 1 aromatic rings. The second-order valence-electron chi connectivity index (χ2n) is 9.92. The molecule has 1 unspecified atom stereocenters. The van der Waals surface area contributed by atoms with E-state index in [1.807, 2.05) is 6.07 Å². The van der Waals surface area contributed by atoms with Gasteiger partial charge in [0, 0.05) is 25.7 Å². The highest BCUT2D eigenvalue weighted by Crippen LogP contribution is 2.53. The molecular weight excluding hydrogens is 420 g/mol. The quantitative estimate of drug-likeness (QED) is 0.439. The standard InChI is InChI=1S/C25H34N4O4/c1-26-21(31)7-6-18(16-30)29-23(32)19-4-3-5-20(22(19)24(29)33)27-11-8-17-14-25(15-17)9-12-28(2)13-10-25/h3-5,16-18,27H,6-15H2,1-2H3,(H,26,31). The third-order valence-corrected chi connectivity index (χ3v) is 7.74. The van der Waals surface area contributed by atoms with Gasteiger partial charge in [-0.1, -0.05) is 6.07 Å². The molecule has 33 heavy (non-hydrogen) atoms. The fraction of sp³-hybridized carbons (Fsp3) is 0.600. The number of benzene rings is 1. The summed E-state index contributed by atoms with van der Waals surface area (Å²) in [7, 11) is 3.70. The molecule has 3 amide bonds. The summed E-state index contributed by atoms with van der Waals surface area (Å²) < 4.78 is 0. The molecule has 4 rings (SSSR count). The van der Waals surface area contributed by atoms with Crippen molar-refractivity contribution in [3.63, 3.8) is 0 Å². The summed E-state index contributed by atoms with van der Waals surface area (Å²) in [5, 5.41) is 5.86. The molecule has 2 heterocycles. The molecule has 0 aromatic heterocycles. The molecule has 1 atom stereocenters. The molecule has 178 valence electrons. The molecule has 2 aliphatic heterocycles. The highest BCUT2D eigenvalue weighted by molar-refractivity contribution is 6.24. The van der Waals surface area contributed by atoms with Crippen LogP contribution in [0.2, 0.25) is 0 Å². The number of carbonyl (C=O) groups excluding carboxylic acids is 4. The summed E-state index contributed by atoms with van der Waals surface area (Å²) in [5.41, 5.74) is 1.82. The lowest BCUT2D eigenvalue weighted by Gasteiger charge is -2.52. The van der Waals surface area contributed by atoms with Crippen molar-refractivity contribution in [2.24, 2.45) is 11.3 Å². The first-order chi connectivity index (χ1) is 15.9. The van der Waals surface area contributed by atoms with Gasteiger partial charge in [-0.15, -0.1) is 0 Å². The molecule has 1 aromatic carbocycles. The Balaban J connectivity index is 1.35. The van der Waals surface area contributed by atoms with Crippen LogP contribution in [0.1, 0.15) is 65.7 Å². The van der Waals surface area contributed by atoms with Crippen molar-refractivity contribution in [1.82, 2.24) is 15.1 Å².